The summed E-state index contributed by atoms with van der Waals surface area (Å²) in [5.74, 6) is 1.41. The fourth-order valence-electron chi connectivity index (χ4n) is 6.81. The van der Waals surface area contributed by atoms with E-state index >= 15 is 0 Å². The zero-order chi connectivity index (χ0) is 44.8. The van der Waals surface area contributed by atoms with E-state index in [1.165, 1.54) is 36.4 Å². The zero-order valence-corrected chi connectivity index (χ0v) is 44.5. The number of rotatable bonds is 14. The van der Waals surface area contributed by atoms with Gasteiger partial charge in [0.15, 0.2) is 0 Å². The fourth-order valence-corrected chi connectivity index (χ4v) is 8.23. The molecule has 0 aliphatic carbocycles. The van der Waals surface area contributed by atoms with Crippen LogP contribution in [-0.4, -0.2) is 211 Å². The molecule has 334 valence electrons. The molecule has 6 aromatic rings. The normalized spacial score (nSPS) is 14.2. The third kappa shape index (κ3) is 13.6. The van der Waals surface area contributed by atoms with E-state index in [9.17, 15) is 25.9 Å². The second kappa shape index (κ2) is 23.2. The molecule has 20 nitrogen and oxygen atoms in total. The monoisotopic (exact) mass is 986 g/mol. The second-order valence-electron chi connectivity index (χ2n) is 14.7. The van der Waals surface area contributed by atoms with Gasteiger partial charge in [-0.15, -0.1) is 0 Å². The van der Waals surface area contributed by atoms with Gasteiger partial charge in [-0.1, -0.05) is 60.7 Å². The summed E-state index contributed by atoms with van der Waals surface area (Å²) in [5.41, 5.74) is 3.93. The molecule has 2 aromatic heterocycles. The minimum atomic E-state index is -4.84. The maximum atomic E-state index is 12.8. The molecule has 2 radical (unpaired) electrons. The van der Waals surface area contributed by atoms with Crippen molar-refractivity contribution < 1.29 is 35.4 Å². The molecule has 4 heterocycles. The number of hydrogen-bond donors (Lipinski definition) is 6. The fraction of sp³-hybridized carbons (Fsp3) is 0.238. The number of anilines is 10. The first-order valence-corrected chi connectivity index (χ1v) is 22.9. The third-order valence-electron chi connectivity index (χ3n) is 10.2. The predicted octanol–water partition coefficient (Wildman–Crippen LogP) is 5.22. The first-order valence-electron chi connectivity index (χ1n) is 20.0. The number of nitrogens with one attached hydrogen (secondary N) is 4. The maximum absolute atomic E-state index is 12.8. The summed E-state index contributed by atoms with van der Waals surface area (Å²) in [5, 5.41) is 12.5. The average molecular weight is 987 g/mol. The molecule has 0 saturated carbocycles. The van der Waals surface area contributed by atoms with Crippen LogP contribution in [0, 0.1) is 13.8 Å². The van der Waals surface area contributed by atoms with Gasteiger partial charge in [0.05, 0.1) is 26.4 Å². The topological polar surface area (TPSA) is 259 Å². The van der Waals surface area contributed by atoms with Gasteiger partial charge >= 0.3 is 0 Å². The zero-order valence-electron chi connectivity index (χ0n) is 36.6. The van der Waals surface area contributed by atoms with Crippen molar-refractivity contribution in [3.05, 3.63) is 107 Å². The van der Waals surface area contributed by atoms with Gasteiger partial charge in [0.1, 0.15) is 9.79 Å². The molecule has 0 amide bonds. The van der Waals surface area contributed by atoms with Crippen molar-refractivity contribution in [1.82, 2.24) is 29.9 Å². The Labute approximate surface area is 467 Å². The summed E-state index contributed by atoms with van der Waals surface area (Å²) in [6.45, 7) is 8.00. The van der Waals surface area contributed by atoms with Gasteiger partial charge in [-0.2, -0.15) is 46.7 Å². The summed E-state index contributed by atoms with van der Waals surface area (Å²) in [6.07, 6.45) is 2.61. The second-order valence-corrected chi connectivity index (χ2v) is 17.5. The van der Waals surface area contributed by atoms with E-state index in [1.807, 2.05) is 72.2 Å². The number of ether oxygens (including phenoxy) is 2. The van der Waals surface area contributed by atoms with Crippen molar-refractivity contribution in [2.75, 3.05) is 83.7 Å². The molecule has 2 aliphatic rings. The molecule has 6 N–H and O–H groups in total. The van der Waals surface area contributed by atoms with Gasteiger partial charge < -0.3 is 40.5 Å². The van der Waals surface area contributed by atoms with Crippen LogP contribution in [0.2, 0.25) is 0 Å². The molecule has 8 rings (SSSR count). The molecule has 0 bridgehead atoms. The molecular weight excluding hydrogens is 943 g/mol. The average Bonchev–Trinajstić information content (AvgIpc) is 3.27. The summed E-state index contributed by atoms with van der Waals surface area (Å²) in [6, 6.07) is 23.5. The Morgan fingerprint density at radius 3 is 1.21 bits per heavy atom. The summed E-state index contributed by atoms with van der Waals surface area (Å²) in [4.78, 5) is 30.4. The van der Waals surface area contributed by atoms with Crippen LogP contribution in [0.5, 0.6) is 0 Å². The molecule has 66 heavy (non-hydrogen) atoms. The molecule has 0 atom stereocenters. The summed E-state index contributed by atoms with van der Waals surface area (Å²) in [7, 11) is -9.68. The Morgan fingerprint density at radius 1 is 0.515 bits per heavy atom. The van der Waals surface area contributed by atoms with Gasteiger partial charge in [0.25, 0.3) is 20.2 Å². The number of benzene rings is 4. The smallest absolute Gasteiger partial charge is 0.295 e. The Balaban J connectivity index is 0.00000360. The van der Waals surface area contributed by atoms with E-state index < -0.39 is 30.0 Å². The van der Waals surface area contributed by atoms with Crippen LogP contribution in [0.1, 0.15) is 22.3 Å². The quantitative estimate of drug-likeness (QED) is 0.0464. The Bertz CT molecular complexity index is 2750. The molecule has 2 saturated heterocycles. The number of hydrogen-bond acceptors (Lipinski definition) is 18. The molecule has 0 spiro atoms. The minimum Gasteiger partial charge on any atom is -0.378 e. The van der Waals surface area contributed by atoms with Crippen LogP contribution in [-0.2, 0) is 29.7 Å². The Kier molecular flexibility index (Phi) is 18.2. The Morgan fingerprint density at radius 2 is 0.864 bits per heavy atom. The van der Waals surface area contributed by atoms with E-state index in [4.69, 9.17) is 9.47 Å². The van der Waals surface area contributed by atoms with Crippen LogP contribution in [0.25, 0.3) is 12.2 Å². The third-order valence-corrected chi connectivity index (χ3v) is 12.0. The van der Waals surface area contributed by atoms with Crippen LogP contribution < -0.4 is 31.1 Å². The van der Waals surface area contributed by atoms with Gasteiger partial charge in [-0.05, 0) is 72.5 Å². The largest absolute Gasteiger partial charge is 0.378 e. The maximum Gasteiger partial charge on any atom is 0.295 e. The summed E-state index contributed by atoms with van der Waals surface area (Å²) >= 11 is 0. The molecule has 0 unspecified atom stereocenters. The van der Waals surface area contributed by atoms with Crippen molar-refractivity contribution >= 4 is 194 Å². The van der Waals surface area contributed by atoms with Crippen LogP contribution in [0.3, 0.4) is 0 Å². The van der Waals surface area contributed by atoms with Crippen LogP contribution >= 0.6 is 0 Å². The van der Waals surface area contributed by atoms with E-state index in [2.05, 4.69) is 51.2 Å². The van der Waals surface area contributed by atoms with Crippen LogP contribution in [0.15, 0.2) is 94.7 Å². The van der Waals surface area contributed by atoms with E-state index in [-0.39, 0.29) is 149 Å². The van der Waals surface area contributed by atoms with Crippen LogP contribution in [0.4, 0.5) is 58.4 Å². The number of para-hydroxylation sites is 2. The molecule has 4 aromatic carbocycles. The standard InChI is InChI=1S/C42H44N12O8S2.2K/c1-27-7-3-5-9-33(27)45-39-47-37(49-41(51-39)53-17-21-61-22-18-53)43-31-15-13-29(35(25-31)63(55,56)57)11-12-30-14-16-32(26-36(30)64(58,59)60)44-38-48-40(46-34-10-6-4-8-28(34)2)52-42(50-38)54-19-23-62-24-20-54;;/h3-16,25-26H,17-24H2,1-2H3,(H,55,56,57)(H,58,59,60)(H2,43,45,47,49,51)(H2,44,46,48,50,52);;. The first-order chi connectivity index (χ1) is 30.7. The number of aryl methyl sites for hydroxylation is 2. The molecule has 24 heteroatoms. The van der Waals surface area contributed by atoms with E-state index in [0.717, 1.165) is 22.5 Å². The number of aromatic nitrogens is 6. The number of morpholine rings is 2. The van der Waals surface area contributed by atoms with Crippen molar-refractivity contribution in [2.24, 2.45) is 0 Å². The predicted molar refractivity (Wildman–Crippen MR) is 254 cm³/mol. The van der Waals surface area contributed by atoms with Gasteiger partial charge in [0, 0.05) is 152 Å². The van der Waals surface area contributed by atoms with Crippen molar-refractivity contribution in [3.63, 3.8) is 0 Å². The molecule has 2 fully saturated rings. The van der Waals surface area contributed by atoms with Crippen molar-refractivity contribution in [3.8, 4) is 0 Å². The van der Waals surface area contributed by atoms with E-state index in [0.29, 0.717) is 64.5 Å². The van der Waals surface area contributed by atoms with Crippen molar-refractivity contribution in [2.45, 2.75) is 23.6 Å². The SMILES string of the molecule is Cc1ccccc1Nc1nc(Nc2ccc(C=Cc3ccc(Nc4nc(Nc5ccccc5C)nc(N5CCOCC5)n4)cc3S(=O)(=O)O)c(S(=O)(=O)O)c2)nc(N2CCOCC2)n1.[K].[K]. The van der Waals surface area contributed by atoms with Crippen molar-refractivity contribution in [1.29, 1.82) is 0 Å². The van der Waals surface area contributed by atoms with Gasteiger partial charge in [-0.3, -0.25) is 9.11 Å². The Hall–Kier alpha value is -3.55. The first kappa shape index (κ1) is 51.8. The number of nitrogens with zero attached hydrogens (tertiary/aromatic N) is 8. The molecular formula is C42H44K2N12O8S2. The molecule has 2 aliphatic heterocycles. The minimum absolute atomic E-state index is 0. The van der Waals surface area contributed by atoms with Gasteiger partial charge in [-0.25, -0.2) is 0 Å². The van der Waals surface area contributed by atoms with E-state index in [1.54, 1.807) is 12.1 Å². The van der Waals surface area contributed by atoms with Gasteiger partial charge in [0.2, 0.25) is 35.7 Å². The summed E-state index contributed by atoms with van der Waals surface area (Å²) < 4.78 is 82.8.